The number of nitriles is 1. The van der Waals surface area contributed by atoms with E-state index in [4.69, 9.17) is 10.5 Å². The zero-order valence-electron chi connectivity index (χ0n) is 22.2. The molecule has 0 aliphatic carbocycles. The average molecular weight is 523 g/mol. The predicted octanol–water partition coefficient (Wildman–Crippen LogP) is 3.82. The Morgan fingerprint density at radius 2 is 1.87 bits per heavy atom. The first kappa shape index (κ1) is 25.9. The summed E-state index contributed by atoms with van der Waals surface area (Å²) in [5.74, 6) is 1.52. The van der Waals surface area contributed by atoms with Crippen molar-refractivity contribution < 1.29 is 9.53 Å². The summed E-state index contributed by atoms with van der Waals surface area (Å²) in [5.41, 5.74) is 9.10. The van der Waals surface area contributed by atoms with Crippen molar-refractivity contribution in [3.05, 3.63) is 77.0 Å². The maximum Gasteiger partial charge on any atom is 0.251 e. The number of ether oxygens (including phenoxy) is 1. The van der Waals surface area contributed by atoms with E-state index in [0.29, 0.717) is 22.4 Å². The smallest absolute Gasteiger partial charge is 0.251 e. The summed E-state index contributed by atoms with van der Waals surface area (Å²) in [7, 11) is 2.10. The zero-order chi connectivity index (χ0) is 27.5. The molecule has 5 rings (SSSR count). The molecule has 2 aromatic carbocycles. The van der Waals surface area contributed by atoms with E-state index in [0.717, 1.165) is 48.6 Å². The number of fused-ring (bicyclic) bond motifs is 1. The second kappa shape index (κ2) is 10.9. The van der Waals surface area contributed by atoms with Gasteiger partial charge in [0.1, 0.15) is 23.2 Å². The quantitative estimate of drug-likeness (QED) is 0.388. The predicted molar refractivity (Wildman–Crippen MR) is 150 cm³/mol. The number of carbonyl (C=O) groups is 1. The molecule has 1 unspecified atom stereocenters. The zero-order valence-corrected chi connectivity index (χ0v) is 22.2. The number of anilines is 2. The van der Waals surface area contributed by atoms with Crippen molar-refractivity contribution in [1.29, 1.82) is 5.26 Å². The fourth-order valence-electron chi connectivity index (χ4n) is 4.55. The van der Waals surface area contributed by atoms with Crippen LogP contribution in [0, 0.1) is 18.3 Å². The molecule has 4 aromatic rings. The minimum absolute atomic E-state index is 0.182. The highest BCUT2D eigenvalue weighted by Gasteiger charge is 2.20. The second-order valence-electron chi connectivity index (χ2n) is 9.71. The van der Waals surface area contributed by atoms with Gasteiger partial charge in [0.05, 0.1) is 11.6 Å². The Morgan fingerprint density at radius 1 is 1.08 bits per heavy atom. The Morgan fingerprint density at radius 3 is 2.64 bits per heavy atom. The van der Waals surface area contributed by atoms with Gasteiger partial charge in [-0.05, 0) is 68.9 Å². The molecule has 3 N–H and O–H groups in total. The number of piperazine rings is 1. The number of hydrogen-bond donors (Lipinski definition) is 2. The highest BCUT2D eigenvalue weighted by Crippen LogP contribution is 2.28. The number of carbonyl (C=O) groups excluding carboxylic acids is 1. The van der Waals surface area contributed by atoms with Crippen LogP contribution in [0.4, 0.5) is 11.8 Å². The summed E-state index contributed by atoms with van der Waals surface area (Å²) in [5, 5.41) is 13.3. The molecule has 0 radical (unpaired) electrons. The van der Waals surface area contributed by atoms with Crippen LogP contribution in [0.5, 0.6) is 11.6 Å². The van der Waals surface area contributed by atoms with Gasteiger partial charge >= 0.3 is 0 Å². The number of aryl methyl sites for hydroxylation is 1. The molecule has 0 bridgehead atoms. The molecule has 0 saturated carbocycles. The molecule has 1 fully saturated rings. The van der Waals surface area contributed by atoms with Crippen molar-refractivity contribution in [2.75, 3.05) is 43.9 Å². The topological polar surface area (TPSA) is 133 Å². The molecule has 1 aliphatic heterocycles. The van der Waals surface area contributed by atoms with Gasteiger partial charge in [0.25, 0.3) is 5.91 Å². The molecular weight excluding hydrogens is 492 g/mol. The Labute approximate surface area is 227 Å². The number of hydrogen-bond acceptors (Lipinski definition) is 9. The van der Waals surface area contributed by atoms with Gasteiger partial charge in [-0.3, -0.25) is 4.79 Å². The molecule has 198 valence electrons. The summed E-state index contributed by atoms with van der Waals surface area (Å²) in [6.07, 6.45) is 0. The standard InChI is InChI=1S/C29H30N8O2/c1-18-7-8-22(17-30)28(32-18)39-23-6-4-5-20(15-23)19(2)33-27(38)21-9-10-24-25(16-21)34-29(31)35-26(24)37-13-11-36(3)12-14-37/h4-10,15-16,19H,11-14H2,1-3H3,(H,33,38)(H2,31,34,35). The number of nitrogens with one attached hydrogen (secondary N) is 1. The van der Waals surface area contributed by atoms with Gasteiger partial charge in [-0.15, -0.1) is 0 Å². The number of rotatable bonds is 6. The summed E-state index contributed by atoms with van der Waals surface area (Å²) >= 11 is 0. The molecular formula is C29H30N8O2. The highest BCUT2D eigenvalue weighted by atomic mass is 16.5. The van der Waals surface area contributed by atoms with Gasteiger partial charge in [-0.1, -0.05) is 12.1 Å². The molecule has 1 saturated heterocycles. The number of amides is 1. The average Bonchev–Trinajstić information content (AvgIpc) is 2.93. The fourth-order valence-corrected chi connectivity index (χ4v) is 4.55. The van der Waals surface area contributed by atoms with Crippen molar-refractivity contribution in [2.45, 2.75) is 19.9 Å². The van der Waals surface area contributed by atoms with E-state index in [1.807, 2.05) is 38.1 Å². The summed E-state index contributed by atoms with van der Waals surface area (Å²) in [6, 6.07) is 18.0. The van der Waals surface area contributed by atoms with E-state index in [1.54, 1.807) is 30.3 Å². The highest BCUT2D eigenvalue weighted by molar-refractivity contribution is 6.00. The minimum atomic E-state index is -0.311. The number of aromatic nitrogens is 3. The normalized spacial score (nSPS) is 14.6. The van der Waals surface area contributed by atoms with E-state index in [2.05, 4.69) is 43.2 Å². The van der Waals surface area contributed by atoms with Crippen LogP contribution in [0.1, 0.15) is 40.1 Å². The van der Waals surface area contributed by atoms with E-state index >= 15 is 0 Å². The molecule has 39 heavy (non-hydrogen) atoms. The Balaban J connectivity index is 1.33. The lowest BCUT2D eigenvalue weighted by Gasteiger charge is -2.33. The molecule has 1 amide bonds. The number of nitrogen functional groups attached to an aromatic ring is 1. The minimum Gasteiger partial charge on any atom is -0.438 e. The lowest BCUT2D eigenvalue weighted by atomic mass is 10.1. The van der Waals surface area contributed by atoms with Crippen LogP contribution in [0.25, 0.3) is 10.9 Å². The van der Waals surface area contributed by atoms with Crippen molar-refractivity contribution >= 4 is 28.6 Å². The monoisotopic (exact) mass is 522 g/mol. The molecule has 3 heterocycles. The first-order chi connectivity index (χ1) is 18.8. The number of likely N-dealkylation sites (N-methyl/N-ethyl adjacent to an activating group) is 1. The van der Waals surface area contributed by atoms with E-state index < -0.39 is 0 Å². The van der Waals surface area contributed by atoms with Crippen LogP contribution in [0.15, 0.2) is 54.6 Å². The number of benzene rings is 2. The third-order valence-electron chi connectivity index (χ3n) is 6.80. The third-order valence-corrected chi connectivity index (χ3v) is 6.80. The number of nitrogens with two attached hydrogens (primary N) is 1. The van der Waals surface area contributed by atoms with Crippen LogP contribution in [-0.2, 0) is 0 Å². The van der Waals surface area contributed by atoms with Crippen LogP contribution < -0.4 is 20.7 Å². The SMILES string of the molecule is Cc1ccc(C#N)c(Oc2cccc(C(C)NC(=O)c3ccc4c(N5CCN(C)CC5)nc(N)nc4c3)c2)n1. The molecule has 1 atom stereocenters. The molecule has 1 aliphatic rings. The lowest BCUT2D eigenvalue weighted by molar-refractivity contribution is 0.0940. The van der Waals surface area contributed by atoms with Crippen molar-refractivity contribution in [2.24, 2.45) is 0 Å². The molecule has 10 nitrogen and oxygen atoms in total. The lowest BCUT2D eigenvalue weighted by Crippen LogP contribution is -2.45. The van der Waals surface area contributed by atoms with Crippen molar-refractivity contribution in [3.63, 3.8) is 0 Å². The Hall–Kier alpha value is -4.75. The van der Waals surface area contributed by atoms with Gasteiger partial charge in [0.15, 0.2) is 0 Å². The number of nitrogens with zero attached hydrogens (tertiary/aromatic N) is 6. The summed E-state index contributed by atoms with van der Waals surface area (Å²) < 4.78 is 5.91. The Bertz CT molecular complexity index is 1570. The van der Waals surface area contributed by atoms with E-state index in [9.17, 15) is 10.1 Å². The van der Waals surface area contributed by atoms with E-state index in [1.165, 1.54) is 0 Å². The van der Waals surface area contributed by atoms with Crippen LogP contribution in [0.2, 0.25) is 0 Å². The summed E-state index contributed by atoms with van der Waals surface area (Å²) in [6.45, 7) is 7.32. The van der Waals surface area contributed by atoms with Gasteiger partial charge in [0.2, 0.25) is 11.8 Å². The van der Waals surface area contributed by atoms with Crippen LogP contribution in [-0.4, -0.2) is 59.0 Å². The van der Waals surface area contributed by atoms with E-state index in [-0.39, 0.29) is 23.8 Å². The largest absolute Gasteiger partial charge is 0.438 e. The van der Waals surface area contributed by atoms with Gasteiger partial charge in [-0.2, -0.15) is 10.2 Å². The number of pyridine rings is 1. The molecule has 2 aromatic heterocycles. The first-order valence-corrected chi connectivity index (χ1v) is 12.8. The van der Waals surface area contributed by atoms with Gasteiger partial charge < -0.3 is 25.6 Å². The third kappa shape index (κ3) is 5.73. The first-order valence-electron chi connectivity index (χ1n) is 12.8. The van der Waals surface area contributed by atoms with Crippen LogP contribution in [0.3, 0.4) is 0 Å². The summed E-state index contributed by atoms with van der Waals surface area (Å²) in [4.78, 5) is 30.9. The molecule has 10 heteroatoms. The Kier molecular flexibility index (Phi) is 7.25. The van der Waals surface area contributed by atoms with Gasteiger partial charge in [-0.25, -0.2) is 9.97 Å². The van der Waals surface area contributed by atoms with Crippen molar-refractivity contribution in [3.8, 4) is 17.7 Å². The maximum absolute atomic E-state index is 13.2. The molecule has 0 spiro atoms. The second-order valence-corrected chi connectivity index (χ2v) is 9.71. The fraction of sp³-hybridized carbons (Fsp3) is 0.276. The van der Waals surface area contributed by atoms with Gasteiger partial charge in [0, 0.05) is 42.8 Å². The maximum atomic E-state index is 13.2. The van der Waals surface area contributed by atoms with Crippen molar-refractivity contribution in [1.82, 2.24) is 25.2 Å². The van der Waals surface area contributed by atoms with Crippen LogP contribution >= 0.6 is 0 Å².